The highest BCUT2D eigenvalue weighted by molar-refractivity contribution is 9.10. The van der Waals surface area contributed by atoms with E-state index in [9.17, 15) is 51.9 Å². The molecule has 10 N–H and O–H groups in total. The van der Waals surface area contributed by atoms with E-state index in [2.05, 4.69) is 67.6 Å². The summed E-state index contributed by atoms with van der Waals surface area (Å²) in [7, 11) is 6.69. The number of carbonyl (C=O) groups is 9. The molecule has 1 unspecified atom stereocenters. The maximum absolute atomic E-state index is 12.9. The third kappa shape index (κ3) is 27.2. The summed E-state index contributed by atoms with van der Waals surface area (Å²) >= 11 is 17.8. The van der Waals surface area contributed by atoms with Gasteiger partial charge in [-0.3, -0.25) is 66.1 Å². The molecule has 0 saturated carbocycles. The summed E-state index contributed by atoms with van der Waals surface area (Å²) in [4.78, 5) is 113. The SMILES string of the molecule is C.CC(=N)c1ccc(C(=O)Cc2c(C(=O)Nc3ccc(Br)cc3)cnn2C)cc1.CC(=N)c1ccc(C(=O)Cc2c(C(=O)Nc3ccc(Cl)cc3C)cnn2C)cc1.CC(=N)c1ccc(C(=O)Cc2c(C(=O)Nc3ccc(Cl)cc3NC=O)cnn2C)cc1.CC(=N)c1ccc(C(=O)Cc2c(C(=O)Nc3ccc(Cl)cc3NS(=O)[O-])cnn2C)cc1.O=S=O. The Kier molecular flexibility index (Phi) is 36.1. The van der Waals surface area contributed by atoms with Gasteiger partial charge in [0, 0.05) is 115 Å². The van der Waals surface area contributed by atoms with Crippen molar-refractivity contribution in [1.82, 2.24) is 39.1 Å². The summed E-state index contributed by atoms with van der Waals surface area (Å²) < 4.78 is 47.8. The van der Waals surface area contributed by atoms with Gasteiger partial charge in [0.25, 0.3) is 23.6 Å². The van der Waals surface area contributed by atoms with E-state index in [4.69, 9.17) is 64.9 Å². The number of aryl methyl sites for hydroxylation is 5. The highest BCUT2D eigenvalue weighted by Crippen LogP contribution is 2.30. The van der Waals surface area contributed by atoms with Crippen LogP contribution in [0.25, 0.3) is 0 Å². The van der Waals surface area contributed by atoms with Crippen molar-refractivity contribution >= 4 is 184 Å². The zero-order valence-corrected chi connectivity index (χ0v) is 72.7. The lowest BCUT2D eigenvalue weighted by Gasteiger charge is -2.15. The number of anilines is 6. The third-order valence-corrected chi connectivity index (χ3v) is 20.1. The van der Waals surface area contributed by atoms with Crippen molar-refractivity contribution in [1.29, 1.82) is 21.6 Å². The molecule has 0 radical (unpaired) electrons. The first-order chi connectivity index (χ1) is 58.5. The van der Waals surface area contributed by atoms with Gasteiger partial charge < -0.3 is 57.5 Å². The average molecular weight is 1840 g/mol. The maximum Gasteiger partial charge on any atom is 0.335 e. The fourth-order valence-corrected chi connectivity index (χ4v) is 12.9. The first kappa shape index (κ1) is 97.5. The van der Waals surface area contributed by atoms with Crippen LogP contribution in [0.4, 0.5) is 34.1 Å². The van der Waals surface area contributed by atoms with Gasteiger partial charge in [-0.15, -0.1) is 0 Å². The van der Waals surface area contributed by atoms with E-state index in [0.717, 1.165) is 26.7 Å². The molecule has 0 spiro atoms. The number of ketones is 4. The van der Waals surface area contributed by atoms with Crippen LogP contribution in [0, 0.1) is 28.6 Å². The molecule has 124 heavy (non-hydrogen) atoms. The van der Waals surface area contributed by atoms with Gasteiger partial charge in [-0.1, -0.05) is 155 Å². The first-order valence-electron chi connectivity index (χ1n) is 36.6. The number of hydrogen-bond acceptors (Lipinski definition) is 21. The van der Waals surface area contributed by atoms with Gasteiger partial charge in [0.05, 0.1) is 118 Å². The molecule has 1 atom stereocenters. The topological polar surface area (TPSA) is 467 Å². The molecular formula is C87H83BrCl3N18O13S2-. The molecule has 0 aliphatic carbocycles. The molecule has 0 aliphatic heterocycles. The minimum absolute atomic E-state index is 0. The molecule has 0 aliphatic rings. The normalized spacial score (nSPS) is 10.6. The molecule has 37 heteroatoms. The van der Waals surface area contributed by atoms with Gasteiger partial charge in [0.15, 0.2) is 23.1 Å². The predicted octanol–water partition coefficient (Wildman–Crippen LogP) is 15.7. The van der Waals surface area contributed by atoms with Crippen LogP contribution in [0.1, 0.15) is 169 Å². The maximum atomic E-state index is 12.9. The fourth-order valence-electron chi connectivity index (χ4n) is 11.8. The second kappa shape index (κ2) is 45.9. The number of nitrogens with zero attached hydrogens (tertiary/aromatic N) is 8. The molecule has 4 heterocycles. The molecule has 0 bridgehead atoms. The number of nitrogens with one attached hydrogen (secondary N) is 10. The van der Waals surface area contributed by atoms with E-state index in [1.165, 1.54) is 63.1 Å². The van der Waals surface area contributed by atoms with E-state index in [-0.39, 0.29) is 95.6 Å². The van der Waals surface area contributed by atoms with E-state index in [1.54, 1.807) is 200 Å². The lowest BCUT2D eigenvalue weighted by Crippen LogP contribution is -2.18. The second-order valence-electron chi connectivity index (χ2n) is 27.1. The highest BCUT2D eigenvalue weighted by Gasteiger charge is 2.26. The van der Waals surface area contributed by atoms with Gasteiger partial charge in [0.1, 0.15) is 0 Å². The van der Waals surface area contributed by atoms with Crippen molar-refractivity contribution in [2.24, 2.45) is 28.2 Å². The van der Waals surface area contributed by atoms with Gasteiger partial charge in [0.2, 0.25) is 6.41 Å². The van der Waals surface area contributed by atoms with Crippen molar-refractivity contribution in [2.45, 2.75) is 67.7 Å². The smallest absolute Gasteiger partial charge is 0.335 e. The summed E-state index contributed by atoms with van der Waals surface area (Å²) in [6.45, 7) is 8.58. The van der Waals surface area contributed by atoms with E-state index >= 15 is 0 Å². The molecule has 8 aromatic carbocycles. The number of halogens is 4. The number of amides is 5. The van der Waals surface area contributed by atoms with Crippen LogP contribution >= 0.6 is 50.7 Å². The Morgan fingerprint density at radius 2 is 0.669 bits per heavy atom. The van der Waals surface area contributed by atoms with Crippen molar-refractivity contribution in [3.05, 3.63) is 315 Å². The van der Waals surface area contributed by atoms with Crippen molar-refractivity contribution in [3.8, 4) is 0 Å². The van der Waals surface area contributed by atoms with Gasteiger partial charge >= 0.3 is 11.6 Å². The number of rotatable bonds is 28. The zero-order chi connectivity index (χ0) is 90.1. The molecular weight excluding hydrogens is 1760 g/mol. The largest absolute Gasteiger partial charge is 0.755 e. The molecule has 0 saturated heterocycles. The number of aromatic nitrogens is 8. The summed E-state index contributed by atoms with van der Waals surface area (Å²) in [5, 5.41) is 61.9. The molecule has 5 amide bonds. The van der Waals surface area contributed by atoms with Crippen molar-refractivity contribution < 1.29 is 60.3 Å². The monoisotopic (exact) mass is 1840 g/mol. The fraction of sp³-hybridized carbons (Fsp3) is 0.161. The molecule has 640 valence electrons. The average Bonchev–Trinajstić information content (AvgIpc) is 1.67. The molecule has 0 fully saturated rings. The Morgan fingerprint density at radius 1 is 0.411 bits per heavy atom. The Hall–Kier alpha value is -13.6. The third-order valence-electron chi connectivity index (χ3n) is 18.5. The minimum Gasteiger partial charge on any atom is -0.755 e. The van der Waals surface area contributed by atoms with Gasteiger partial charge in [-0.25, -0.2) is 0 Å². The second-order valence-corrected chi connectivity index (χ2v) is 30.1. The van der Waals surface area contributed by atoms with Crippen LogP contribution in [0.15, 0.2) is 205 Å². The van der Waals surface area contributed by atoms with E-state index in [0.29, 0.717) is 124 Å². The lowest BCUT2D eigenvalue weighted by molar-refractivity contribution is -0.105. The van der Waals surface area contributed by atoms with Gasteiger partial charge in [-0.05, 0) is 141 Å². The highest BCUT2D eigenvalue weighted by atomic mass is 79.9. The summed E-state index contributed by atoms with van der Waals surface area (Å²) in [5.41, 5.74) is 12.9. The summed E-state index contributed by atoms with van der Waals surface area (Å²) in [6, 6.07) is 48.7. The van der Waals surface area contributed by atoms with Crippen LogP contribution in [0.2, 0.25) is 15.1 Å². The Balaban J connectivity index is 0.000000224. The first-order valence-corrected chi connectivity index (χ1v) is 40.3. The van der Waals surface area contributed by atoms with Crippen LogP contribution in [-0.2, 0) is 81.5 Å². The number of benzene rings is 8. The van der Waals surface area contributed by atoms with Crippen LogP contribution in [0.5, 0.6) is 0 Å². The predicted molar refractivity (Wildman–Crippen MR) is 484 cm³/mol. The van der Waals surface area contributed by atoms with E-state index in [1.807, 2.05) is 19.1 Å². The van der Waals surface area contributed by atoms with Crippen LogP contribution in [-0.4, -0.2) is 132 Å². The molecule has 12 rings (SSSR count). The lowest BCUT2D eigenvalue weighted by atomic mass is 10.0. The molecule has 12 aromatic rings. The summed E-state index contributed by atoms with van der Waals surface area (Å²) in [6.07, 6.45) is 6.16. The Labute approximate surface area is 742 Å². The zero-order valence-electron chi connectivity index (χ0n) is 67.2. The number of carbonyl (C=O) groups excluding carboxylic acids is 9. The van der Waals surface area contributed by atoms with E-state index < -0.39 is 34.7 Å². The Morgan fingerprint density at radius 3 is 0.952 bits per heavy atom. The minimum atomic E-state index is -2.61. The van der Waals surface area contributed by atoms with Crippen molar-refractivity contribution in [3.63, 3.8) is 0 Å². The van der Waals surface area contributed by atoms with Crippen LogP contribution in [0.3, 0.4) is 0 Å². The Bertz CT molecular complexity index is 6110. The van der Waals surface area contributed by atoms with Crippen molar-refractivity contribution in [2.75, 3.05) is 31.3 Å². The number of Topliss-reactive ketones (excluding diaryl/α,β-unsaturated/α-hetero) is 4. The number of hydrogen-bond donors (Lipinski definition) is 10. The quantitative estimate of drug-likeness (QED) is 0.00942. The summed E-state index contributed by atoms with van der Waals surface area (Å²) in [5.74, 6) is -2.31. The van der Waals surface area contributed by atoms with Gasteiger partial charge in [-0.2, -0.15) is 28.8 Å². The standard InChI is InChI=1S/C22H20ClN5O3.C22H21ClN4O2.C21H19BrN4O2.C21H20ClN5O4S.CH4.O2S/c1-13(24)14-3-5-15(6-4-14)21(30)10-20-17(11-26-28(20)2)22(31)27-18-8-7-16(23)9-19(18)25-12-29;1-13-10-17(23)8-9-19(13)26-22(29)18-12-25-27(3)20(18)11-21(28)16-6-4-15(5-7-16)14(2)24;1-13(23)14-3-5-15(6-4-14)20(27)11-19-18(12-24-26(19)2)21(28)25-17-9-7-16(22)8-10-17;1-12(23)13-3-5-14(6-4-13)20(28)10-19-16(11-24-27(19)2)21(29)25-17-8-7-15(22)9-18(17)26-32(30)31;;1-3-2/h3-9,11-12,24H,10H2,1-2H3,(H,25,29)(H,27,31);4-10,12,24H,11H2,1-3H3,(H,26,29);3-10,12,23H,11H2,1-2H3,(H,25,28);3-9,11,23,26H,10H2,1-2H3,(H,25,29)(H,30,31);1H4;/p-1. The molecule has 4 aromatic heterocycles. The molecule has 31 nitrogen and oxygen atoms in total. The van der Waals surface area contributed by atoms with Crippen LogP contribution < -0.4 is 31.3 Å².